The van der Waals surface area contributed by atoms with Crippen LogP contribution < -0.4 is 0 Å². The number of ether oxygens (including phenoxy) is 2. The molecule has 3 saturated carbocycles. The fourth-order valence-electron chi connectivity index (χ4n) is 7.60. The molecule has 0 aromatic rings. The van der Waals surface area contributed by atoms with Gasteiger partial charge in [0.05, 0.1) is 12.2 Å². The number of carboxylic acid groups (broad SMARTS) is 1. The fraction of sp³-hybridized carbons (Fsp3) is 0.792. The van der Waals surface area contributed by atoms with Gasteiger partial charge in [-0.1, -0.05) is 19.4 Å². The Balaban J connectivity index is 1.70. The summed E-state index contributed by atoms with van der Waals surface area (Å²) in [5.74, 6) is -0.903. The fourth-order valence-corrected chi connectivity index (χ4v) is 7.60. The Hall–Kier alpha value is -1.89. The lowest BCUT2D eigenvalue weighted by atomic mass is 9.45. The summed E-state index contributed by atoms with van der Waals surface area (Å²) in [6.45, 7) is 7.39. The lowest BCUT2D eigenvalue weighted by Gasteiger charge is -2.60. The Morgan fingerprint density at radius 1 is 1.16 bits per heavy atom. The number of hydrogen-bond acceptors (Lipinski definition) is 6. The largest absolute Gasteiger partial charge is 0.509 e. The van der Waals surface area contributed by atoms with Crippen LogP contribution in [0.4, 0.5) is 4.79 Å². The van der Waals surface area contributed by atoms with E-state index in [-0.39, 0.29) is 41.8 Å². The zero-order chi connectivity index (χ0) is 22.8. The Labute approximate surface area is 183 Å². The smallest absolute Gasteiger partial charge is 0.478 e. The second-order valence-corrected chi connectivity index (χ2v) is 10.8. The number of rotatable bonds is 3. The standard InChI is InChI=1S/C24H34O7/c1-13(2)30-21(29)31-24(20(27)28)10-8-17-16-6-5-14-11-15(25)7-9-22(14,3)19(16)18(26)12-23(17,24)4/h11,13,16-19,26H,5-10,12H2,1-4H3,(H,27,28)/t16-,17-,18?,19-,22-,23-,24?/m0/s1. The van der Waals surface area contributed by atoms with E-state index in [1.165, 1.54) is 0 Å². The summed E-state index contributed by atoms with van der Waals surface area (Å²) in [6, 6.07) is 0. The molecule has 0 heterocycles. The van der Waals surface area contributed by atoms with Crippen molar-refractivity contribution in [1.29, 1.82) is 0 Å². The van der Waals surface area contributed by atoms with E-state index in [4.69, 9.17) is 9.47 Å². The number of aliphatic carboxylic acids is 1. The zero-order valence-corrected chi connectivity index (χ0v) is 18.8. The van der Waals surface area contributed by atoms with Gasteiger partial charge in [-0.15, -0.1) is 0 Å². The van der Waals surface area contributed by atoms with E-state index in [9.17, 15) is 24.6 Å². The third-order valence-electron chi connectivity index (χ3n) is 8.95. The monoisotopic (exact) mass is 434 g/mol. The lowest BCUT2D eigenvalue weighted by molar-refractivity contribution is -0.199. The molecule has 4 rings (SSSR count). The van der Waals surface area contributed by atoms with Crippen LogP contribution in [0.3, 0.4) is 0 Å². The highest BCUT2D eigenvalue weighted by atomic mass is 16.7. The molecule has 0 aromatic carbocycles. The van der Waals surface area contributed by atoms with Gasteiger partial charge >= 0.3 is 12.1 Å². The minimum Gasteiger partial charge on any atom is -0.478 e. The first-order valence-corrected chi connectivity index (χ1v) is 11.5. The molecule has 4 aliphatic rings. The van der Waals surface area contributed by atoms with Gasteiger partial charge in [0.2, 0.25) is 5.60 Å². The van der Waals surface area contributed by atoms with Gasteiger partial charge in [0, 0.05) is 11.8 Å². The summed E-state index contributed by atoms with van der Waals surface area (Å²) >= 11 is 0. The van der Waals surface area contributed by atoms with Crippen LogP contribution in [0.25, 0.3) is 0 Å². The second-order valence-electron chi connectivity index (χ2n) is 10.8. The third-order valence-corrected chi connectivity index (χ3v) is 8.95. The van der Waals surface area contributed by atoms with Gasteiger partial charge < -0.3 is 19.7 Å². The van der Waals surface area contributed by atoms with Crippen LogP contribution in [0.15, 0.2) is 11.6 Å². The van der Waals surface area contributed by atoms with E-state index in [1.807, 2.05) is 6.92 Å². The molecule has 4 aliphatic carbocycles. The Morgan fingerprint density at radius 2 is 1.87 bits per heavy atom. The van der Waals surface area contributed by atoms with Crippen molar-refractivity contribution in [1.82, 2.24) is 0 Å². The van der Waals surface area contributed by atoms with E-state index in [0.29, 0.717) is 12.8 Å². The number of carboxylic acids is 1. The van der Waals surface area contributed by atoms with Gasteiger partial charge in [-0.05, 0) is 81.6 Å². The minimum atomic E-state index is -1.71. The van der Waals surface area contributed by atoms with E-state index < -0.39 is 35.3 Å². The van der Waals surface area contributed by atoms with E-state index in [1.54, 1.807) is 19.9 Å². The molecule has 7 atom stereocenters. The highest BCUT2D eigenvalue weighted by Crippen LogP contribution is 2.68. The van der Waals surface area contributed by atoms with Crippen LogP contribution in [-0.2, 0) is 19.1 Å². The summed E-state index contributed by atoms with van der Waals surface area (Å²) in [5.41, 5.74) is -1.72. The highest BCUT2D eigenvalue weighted by molar-refractivity contribution is 5.91. The maximum Gasteiger partial charge on any atom is 0.509 e. The molecule has 7 nitrogen and oxygen atoms in total. The molecule has 7 heteroatoms. The van der Waals surface area contributed by atoms with Crippen molar-refractivity contribution in [3.05, 3.63) is 11.6 Å². The minimum absolute atomic E-state index is 0.0138. The van der Waals surface area contributed by atoms with Crippen molar-refractivity contribution in [2.45, 2.75) is 90.4 Å². The van der Waals surface area contributed by atoms with Crippen LogP contribution in [0.5, 0.6) is 0 Å². The molecule has 3 fully saturated rings. The number of allylic oxidation sites excluding steroid dienone is 1. The number of ketones is 1. The topological polar surface area (TPSA) is 110 Å². The Morgan fingerprint density at radius 3 is 2.52 bits per heavy atom. The number of carbonyl (C=O) groups excluding carboxylic acids is 2. The van der Waals surface area contributed by atoms with Crippen LogP contribution in [0, 0.1) is 28.6 Å². The highest BCUT2D eigenvalue weighted by Gasteiger charge is 2.71. The molecule has 2 unspecified atom stereocenters. The first kappa shape index (κ1) is 22.3. The quantitative estimate of drug-likeness (QED) is 0.649. The Bertz CT molecular complexity index is 832. The third kappa shape index (κ3) is 3.14. The molecule has 0 aliphatic heterocycles. The summed E-state index contributed by atoms with van der Waals surface area (Å²) < 4.78 is 10.7. The number of hydrogen-bond donors (Lipinski definition) is 2. The molecule has 2 N–H and O–H groups in total. The molecular formula is C24H34O7. The van der Waals surface area contributed by atoms with Crippen molar-refractivity contribution in [2.24, 2.45) is 28.6 Å². The predicted octanol–water partition coefficient (Wildman–Crippen LogP) is 3.87. The molecule has 0 saturated heterocycles. The van der Waals surface area contributed by atoms with Crippen molar-refractivity contribution >= 4 is 17.9 Å². The number of carbonyl (C=O) groups is 3. The van der Waals surface area contributed by atoms with Gasteiger partial charge in [-0.3, -0.25) is 4.79 Å². The second kappa shape index (κ2) is 7.32. The van der Waals surface area contributed by atoms with Crippen LogP contribution in [-0.4, -0.2) is 45.9 Å². The molecule has 31 heavy (non-hydrogen) atoms. The maximum absolute atomic E-state index is 12.5. The Kier molecular flexibility index (Phi) is 5.27. The average molecular weight is 435 g/mol. The van der Waals surface area contributed by atoms with Gasteiger partial charge in [-0.25, -0.2) is 9.59 Å². The van der Waals surface area contributed by atoms with E-state index in [0.717, 1.165) is 24.8 Å². The lowest BCUT2D eigenvalue weighted by Crippen LogP contribution is -2.62. The summed E-state index contributed by atoms with van der Waals surface area (Å²) in [5, 5.41) is 21.6. The average Bonchev–Trinajstić information content (AvgIpc) is 2.94. The van der Waals surface area contributed by atoms with Gasteiger partial charge in [0.1, 0.15) is 0 Å². The van der Waals surface area contributed by atoms with Gasteiger partial charge in [0.25, 0.3) is 0 Å². The maximum atomic E-state index is 12.5. The predicted molar refractivity (Wildman–Crippen MR) is 111 cm³/mol. The molecular weight excluding hydrogens is 400 g/mol. The van der Waals surface area contributed by atoms with Crippen LogP contribution >= 0.6 is 0 Å². The van der Waals surface area contributed by atoms with Crippen LogP contribution in [0.2, 0.25) is 0 Å². The first-order valence-electron chi connectivity index (χ1n) is 11.5. The number of aliphatic hydroxyl groups is 1. The molecule has 0 amide bonds. The number of fused-ring (bicyclic) bond motifs is 5. The molecule has 0 aromatic heterocycles. The van der Waals surface area contributed by atoms with E-state index in [2.05, 4.69) is 6.92 Å². The normalized spacial score (nSPS) is 44.1. The summed E-state index contributed by atoms with van der Waals surface area (Å²) in [4.78, 5) is 36.9. The molecule has 0 radical (unpaired) electrons. The summed E-state index contributed by atoms with van der Waals surface area (Å²) in [6.07, 6.45) is 3.56. The molecule has 172 valence electrons. The van der Waals surface area contributed by atoms with E-state index >= 15 is 0 Å². The van der Waals surface area contributed by atoms with Crippen molar-refractivity contribution in [3.63, 3.8) is 0 Å². The molecule has 0 spiro atoms. The van der Waals surface area contributed by atoms with Crippen molar-refractivity contribution in [2.75, 3.05) is 0 Å². The zero-order valence-electron chi connectivity index (χ0n) is 18.8. The first-order chi connectivity index (χ1) is 14.4. The van der Waals surface area contributed by atoms with Gasteiger partial charge in [-0.2, -0.15) is 0 Å². The SMILES string of the molecule is CC(C)OC(=O)OC1(C(=O)O)CC[C@H]2[C@@H]3CCC4=CC(=O)CC[C@]4(C)[C@@H]3C(O)C[C@@]21C. The van der Waals surface area contributed by atoms with Crippen molar-refractivity contribution < 1.29 is 34.1 Å². The summed E-state index contributed by atoms with van der Waals surface area (Å²) in [7, 11) is 0. The van der Waals surface area contributed by atoms with Gasteiger partial charge in [0.15, 0.2) is 5.78 Å². The number of aliphatic hydroxyl groups excluding tert-OH is 1. The van der Waals surface area contributed by atoms with Crippen molar-refractivity contribution in [3.8, 4) is 0 Å². The molecule has 0 bridgehead atoms. The van der Waals surface area contributed by atoms with Crippen LogP contribution in [0.1, 0.15) is 72.6 Å².